The third kappa shape index (κ3) is 2.49. The Bertz CT molecular complexity index is 589. The lowest BCUT2D eigenvalue weighted by Crippen LogP contribution is -2.38. The standard InChI is InChI=1S/C15H20N4O3/c20-13-5-10(7-19(13)11-1-2-11)17-15(21)12-6-16-18-14(12)9-3-4-22-8-9/h6,9-11H,1-5,7-8H2,(H,16,18)(H,17,21). The van der Waals surface area contributed by atoms with E-state index in [1.807, 2.05) is 4.90 Å². The number of hydrogen-bond acceptors (Lipinski definition) is 4. The van der Waals surface area contributed by atoms with Crippen LogP contribution in [0.3, 0.4) is 0 Å². The van der Waals surface area contributed by atoms with E-state index in [0.29, 0.717) is 31.2 Å². The molecule has 0 radical (unpaired) electrons. The number of carbonyl (C=O) groups is 2. The highest BCUT2D eigenvalue weighted by atomic mass is 16.5. The van der Waals surface area contributed by atoms with Crippen LogP contribution in [-0.4, -0.2) is 58.8 Å². The maximum Gasteiger partial charge on any atom is 0.255 e. The van der Waals surface area contributed by atoms with Crippen molar-refractivity contribution in [2.45, 2.75) is 43.7 Å². The van der Waals surface area contributed by atoms with Gasteiger partial charge in [-0.3, -0.25) is 14.7 Å². The Balaban J connectivity index is 1.42. The van der Waals surface area contributed by atoms with Gasteiger partial charge in [-0.05, 0) is 19.3 Å². The average molecular weight is 304 g/mol. The van der Waals surface area contributed by atoms with E-state index in [-0.39, 0.29) is 23.8 Å². The molecule has 0 spiro atoms. The monoisotopic (exact) mass is 304 g/mol. The molecule has 7 nitrogen and oxygen atoms in total. The Morgan fingerprint density at radius 1 is 1.41 bits per heavy atom. The van der Waals surface area contributed by atoms with Crippen LogP contribution in [0.25, 0.3) is 0 Å². The molecule has 0 aromatic carbocycles. The van der Waals surface area contributed by atoms with Crippen LogP contribution >= 0.6 is 0 Å². The molecular formula is C15H20N4O3. The number of ether oxygens (including phenoxy) is 1. The fourth-order valence-corrected chi connectivity index (χ4v) is 3.38. The summed E-state index contributed by atoms with van der Waals surface area (Å²) in [7, 11) is 0. The van der Waals surface area contributed by atoms with E-state index in [1.165, 1.54) is 0 Å². The molecule has 7 heteroatoms. The van der Waals surface area contributed by atoms with Crippen molar-refractivity contribution in [3.8, 4) is 0 Å². The topological polar surface area (TPSA) is 87.3 Å². The molecule has 0 bridgehead atoms. The van der Waals surface area contributed by atoms with Gasteiger partial charge in [-0.2, -0.15) is 5.10 Å². The van der Waals surface area contributed by atoms with Crippen LogP contribution in [0.1, 0.15) is 47.7 Å². The number of aromatic amines is 1. The molecule has 1 aromatic rings. The molecule has 2 aliphatic heterocycles. The Labute approximate surface area is 128 Å². The van der Waals surface area contributed by atoms with Crippen LogP contribution in [0.2, 0.25) is 0 Å². The summed E-state index contributed by atoms with van der Waals surface area (Å²) in [6.07, 6.45) is 5.07. The first kappa shape index (κ1) is 13.8. The van der Waals surface area contributed by atoms with Gasteiger partial charge in [0.1, 0.15) is 0 Å². The number of nitrogens with one attached hydrogen (secondary N) is 2. The summed E-state index contributed by atoms with van der Waals surface area (Å²) >= 11 is 0. The zero-order chi connectivity index (χ0) is 15.1. The fourth-order valence-electron chi connectivity index (χ4n) is 3.38. The van der Waals surface area contributed by atoms with Gasteiger partial charge in [-0.15, -0.1) is 0 Å². The number of aromatic nitrogens is 2. The van der Waals surface area contributed by atoms with E-state index >= 15 is 0 Å². The maximum atomic E-state index is 12.5. The number of likely N-dealkylation sites (tertiary alicyclic amines) is 1. The second-order valence-electron chi connectivity index (χ2n) is 6.41. The predicted molar refractivity (Wildman–Crippen MR) is 77.4 cm³/mol. The first-order valence-electron chi connectivity index (χ1n) is 7.93. The van der Waals surface area contributed by atoms with E-state index < -0.39 is 0 Å². The van der Waals surface area contributed by atoms with Gasteiger partial charge in [0.15, 0.2) is 0 Å². The van der Waals surface area contributed by atoms with Crippen molar-refractivity contribution in [1.29, 1.82) is 0 Å². The van der Waals surface area contributed by atoms with E-state index in [0.717, 1.165) is 31.6 Å². The van der Waals surface area contributed by atoms with Crippen LogP contribution in [0, 0.1) is 0 Å². The molecule has 1 aliphatic carbocycles. The lowest BCUT2D eigenvalue weighted by atomic mass is 10.0. The number of hydrogen-bond donors (Lipinski definition) is 2. The first-order valence-corrected chi connectivity index (χ1v) is 7.93. The zero-order valence-corrected chi connectivity index (χ0v) is 12.4. The molecule has 3 fully saturated rings. The predicted octanol–water partition coefficient (Wildman–Crippen LogP) is 0.407. The quantitative estimate of drug-likeness (QED) is 0.843. The number of amides is 2. The number of nitrogens with zero attached hydrogens (tertiary/aromatic N) is 2. The van der Waals surface area contributed by atoms with Gasteiger partial charge in [0.2, 0.25) is 5.91 Å². The van der Waals surface area contributed by atoms with Crippen LogP contribution in [0.4, 0.5) is 0 Å². The van der Waals surface area contributed by atoms with Gasteiger partial charge >= 0.3 is 0 Å². The van der Waals surface area contributed by atoms with Crippen molar-refractivity contribution in [2.75, 3.05) is 19.8 Å². The summed E-state index contributed by atoms with van der Waals surface area (Å²) in [6, 6.07) is 0.317. The van der Waals surface area contributed by atoms with Crippen molar-refractivity contribution in [2.24, 2.45) is 0 Å². The first-order chi connectivity index (χ1) is 10.7. The highest BCUT2D eigenvalue weighted by Gasteiger charge is 2.40. The third-order valence-electron chi connectivity index (χ3n) is 4.73. The maximum absolute atomic E-state index is 12.5. The molecule has 2 unspecified atom stereocenters. The normalized spacial score (nSPS) is 28.4. The smallest absolute Gasteiger partial charge is 0.255 e. The van der Waals surface area contributed by atoms with Gasteiger partial charge in [0, 0.05) is 31.5 Å². The van der Waals surface area contributed by atoms with Crippen LogP contribution in [0.15, 0.2) is 6.20 Å². The number of rotatable bonds is 4. The molecule has 118 valence electrons. The van der Waals surface area contributed by atoms with Crippen molar-refractivity contribution < 1.29 is 14.3 Å². The summed E-state index contributed by atoms with van der Waals surface area (Å²) in [4.78, 5) is 26.4. The van der Waals surface area contributed by atoms with Gasteiger partial charge in [0.25, 0.3) is 5.91 Å². The summed E-state index contributed by atoms with van der Waals surface area (Å²) in [5, 5.41) is 9.93. The minimum absolute atomic E-state index is 0.0943. The minimum atomic E-state index is -0.147. The number of H-pyrrole nitrogens is 1. The van der Waals surface area contributed by atoms with E-state index in [1.54, 1.807) is 6.20 Å². The highest BCUT2D eigenvalue weighted by Crippen LogP contribution is 2.31. The summed E-state index contributed by atoms with van der Waals surface area (Å²) in [5.41, 5.74) is 1.42. The fraction of sp³-hybridized carbons (Fsp3) is 0.667. The van der Waals surface area contributed by atoms with E-state index in [9.17, 15) is 9.59 Å². The molecule has 1 aromatic heterocycles. The molecule has 1 saturated carbocycles. The van der Waals surface area contributed by atoms with Crippen molar-refractivity contribution in [3.63, 3.8) is 0 Å². The van der Waals surface area contributed by atoms with Crippen molar-refractivity contribution >= 4 is 11.8 Å². The lowest BCUT2D eigenvalue weighted by molar-refractivity contribution is -0.128. The second-order valence-corrected chi connectivity index (χ2v) is 6.41. The minimum Gasteiger partial charge on any atom is -0.381 e. The molecule has 4 rings (SSSR count). The van der Waals surface area contributed by atoms with Crippen LogP contribution in [0.5, 0.6) is 0 Å². The summed E-state index contributed by atoms with van der Waals surface area (Å²) in [6.45, 7) is 1.98. The van der Waals surface area contributed by atoms with Crippen molar-refractivity contribution in [1.82, 2.24) is 20.4 Å². The van der Waals surface area contributed by atoms with Gasteiger partial charge in [-0.1, -0.05) is 0 Å². The highest BCUT2D eigenvalue weighted by molar-refractivity contribution is 5.96. The molecule has 2 N–H and O–H groups in total. The molecule has 22 heavy (non-hydrogen) atoms. The SMILES string of the molecule is O=C(NC1CC(=O)N(C2CC2)C1)c1cn[nH]c1C1CCOC1. The second kappa shape index (κ2) is 5.39. The Hall–Kier alpha value is -1.89. The van der Waals surface area contributed by atoms with Crippen molar-refractivity contribution in [3.05, 3.63) is 17.5 Å². The van der Waals surface area contributed by atoms with Gasteiger partial charge < -0.3 is 15.0 Å². The number of carbonyl (C=O) groups excluding carboxylic acids is 2. The van der Waals surface area contributed by atoms with Gasteiger partial charge in [0.05, 0.1) is 30.1 Å². The van der Waals surface area contributed by atoms with Crippen LogP contribution < -0.4 is 5.32 Å². The Morgan fingerprint density at radius 2 is 2.27 bits per heavy atom. The Morgan fingerprint density at radius 3 is 3.00 bits per heavy atom. The average Bonchev–Trinajstić information content (AvgIpc) is 2.94. The van der Waals surface area contributed by atoms with Crippen LogP contribution in [-0.2, 0) is 9.53 Å². The largest absolute Gasteiger partial charge is 0.381 e. The molecule has 3 heterocycles. The molecule has 3 aliphatic rings. The molecule has 2 amide bonds. The lowest BCUT2D eigenvalue weighted by Gasteiger charge is -2.16. The molecule has 2 atom stereocenters. The Kier molecular flexibility index (Phi) is 3.37. The zero-order valence-electron chi connectivity index (χ0n) is 12.4. The molecular weight excluding hydrogens is 284 g/mol. The summed E-state index contributed by atoms with van der Waals surface area (Å²) < 4.78 is 5.38. The van der Waals surface area contributed by atoms with E-state index in [4.69, 9.17) is 4.74 Å². The molecule has 2 saturated heterocycles. The summed E-state index contributed by atoms with van der Waals surface area (Å²) in [5.74, 6) is 0.215. The van der Waals surface area contributed by atoms with Gasteiger partial charge in [-0.25, -0.2) is 0 Å². The third-order valence-corrected chi connectivity index (χ3v) is 4.73. The van der Waals surface area contributed by atoms with E-state index in [2.05, 4.69) is 15.5 Å².